The third kappa shape index (κ3) is 2.38. The van der Waals surface area contributed by atoms with Gasteiger partial charge in [0.2, 0.25) is 0 Å². The number of aromatic hydroxyl groups is 2. The van der Waals surface area contributed by atoms with Gasteiger partial charge in [0.15, 0.2) is 0 Å². The van der Waals surface area contributed by atoms with Gasteiger partial charge in [-0.15, -0.1) is 0 Å². The van der Waals surface area contributed by atoms with E-state index in [1.165, 1.54) is 25.3 Å². The number of carbonyl (C=O) groups excluding carboxylic acids is 1. The molecule has 82 valence electrons. The van der Waals surface area contributed by atoms with E-state index in [1.54, 1.807) is 0 Å². The molecule has 0 saturated carbocycles. The highest BCUT2D eigenvalue weighted by atomic mass is 16.5. The van der Waals surface area contributed by atoms with Crippen molar-refractivity contribution in [1.82, 2.24) is 0 Å². The summed E-state index contributed by atoms with van der Waals surface area (Å²) in [5.74, 6) is -1.43. The fraction of sp³-hybridized carbons (Fsp3) is 0.300. The fourth-order valence-corrected chi connectivity index (χ4v) is 1.31. The number of ether oxygens (including phenoxy) is 1. The predicted octanol–water partition coefficient (Wildman–Crippen LogP) is 0.313. The minimum absolute atomic E-state index is 0.00366. The SMILES string of the molecule is COC(=O)C(CN)c1cc(O)ccc1O. The lowest BCUT2D eigenvalue weighted by atomic mass is 9.98. The van der Waals surface area contributed by atoms with Gasteiger partial charge in [-0.2, -0.15) is 0 Å². The monoisotopic (exact) mass is 211 g/mol. The second-order valence-electron chi connectivity index (χ2n) is 3.05. The highest BCUT2D eigenvalue weighted by Gasteiger charge is 2.23. The molecule has 0 aliphatic carbocycles. The van der Waals surface area contributed by atoms with Crippen molar-refractivity contribution in [1.29, 1.82) is 0 Å². The molecule has 0 bridgehead atoms. The van der Waals surface area contributed by atoms with Gasteiger partial charge in [0.25, 0.3) is 0 Å². The summed E-state index contributed by atoms with van der Waals surface area (Å²) in [7, 11) is 1.24. The maximum Gasteiger partial charge on any atom is 0.314 e. The summed E-state index contributed by atoms with van der Waals surface area (Å²) in [5.41, 5.74) is 5.67. The smallest absolute Gasteiger partial charge is 0.314 e. The Labute approximate surface area is 87.1 Å². The highest BCUT2D eigenvalue weighted by Crippen LogP contribution is 2.29. The molecular weight excluding hydrogens is 198 g/mol. The van der Waals surface area contributed by atoms with Crippen LogP contribution in [0.25, 0.3) is 0 Å². The Morgan fingerprint density at radius 1 is 1.53 bits per heavy atom. The minimum atomic E-state index is -0.762. The zero-order valence-corrected chi connectivity index (χ0v) is 8.30. The van der Waals surface area contributed by atoms with Crippen LogP contribution in [0.2, 0.25) is 0 Å². The van der Waals surface area contributed by atoms with Crippen molar-refractivity contribution in [3.05, 3.63) is 23.8 Å². The van der Waals surface area contributed by atoms with E-state index >= 15 is 0 Å². The molecule has 15 heavy (non-hydrogen) atoms. The third-order valence-electron chi connectivity index (χ3n) is 2.11. The van der Waals surface area contributed by atoms with E-state index in [0.29, 0.717) is 0 Å². The zero-order chi connectivity index (χ0) is 11.4. The van der Waals surface area contributed by atoms with E-state index in [2.05, 4.69) is 4.74 Å². The van der Waals surface area contributed by atoms with E-state index in [9.17, 15) is 15.0 Å². The number of rotatable bonds is 3. The number of esters is 1. The van der Waals surface area contributed by atoms with Gasteiger partial charge >= 0.3 is 5.97 Å². The fourth-order valence-electron chi connectivity index (χ4n) is 1.31. The summed E-state index contributed by atoms with van der Waals surface area (Å²) < 4.78 is 4.54. The number of phenols is 2. The molecule has 5 heteroatoms. The van der Waals surface area contributed by atoms with Crippen molar-refractivity contribution >= 4 is 5.97 Å². The van der Waals surface area contributed by atoms with Gasteiger partial charge < -0.3 is 20.7 Å². The van der Waals surface area contributed by atoms with Crippen LogP contribution in [0.3, 0.4) is 0 Å². The van der Waals surface area contributed by atoms with E-state index in [-0.39, 0.29) is 23.6 Å². The van der Waals surface area contributed by atoms with Gasteiger partial charge in [-0.25, -0.2) is 0 Å². The molecule has 0 aliphatic heterocycles. The maximum absolute atomic E-state index is 11.3. The van der Waals surface area contributed by atoms with Crippen LogP contribution in [0.1, 0.15) is 11.5 Å². The van der Waals surface area contributed by atoms with Gasteiger partial charge in [-0.3, -0.25) is 4.79 Å². The lowest BCUT2D eigenvalue weighted by Crippen LogP contribution is -2.22. The maximum atomic E-state index is 11.3. The average molecular weight is 211 g/mol. The summed E-state index contributed by atoms with van der Waals surface area (Å²) in [6, 6.07) is 3.92. The molecule has 1 aromatic rings. The first kappa shape index (κ1) is 11.3. The van der Waals surface area contributed by atoms with Crippen LogP contribution in [0, 0.1) is 0 Å². The average Bonchev–Trinajstić information content (AvgIpc) is 2.23. The second-order valence-corrected chi connectivity index (χ2v) is 3.05. The minimum Gasteiger partial charge on any atom is -0.508 e. The first-order valence-electron chi connectivity index (χ1n) is 4.40. The lowest BCUT2D eigenvalue weighted by Gasteiger charge is -2.14. The third-order valence-corrected chi connectivity index (χ3v) is 2.11. The van der Waals surface area contributed by atoms with Crippen LogP contribution in [0.4, 0.5) is 0 Å². The summed E-state index contributed by atoms with van der Waals surface area (Å²) in [6.45, 7) is 0.00366. The number of phenolic OH excluding ortho intramolecular Hbond substituents is 2. The van der Waals surface area contributed by atoms with Crippen molar-refractivity contribution in [2.75, 3.05) is 13.7 Å². The summed E-state index contributed by atoms with van der Waals surface area (Å²) in [4.78, 5) is 11.3. The van der Waals surface area contributed by atoms with Gasteiger partial charge in [-0.1, -0.05) is 0 Å². The Morgan fingerprint density at radius 2 is 2.20 bits per heavy atom. The Kier molecular flexibility index (Phi) is 3.51. The number of methoxy groups -OCH3 is 1. The number of hydrogen-bond donors (Lipinski definition) is 3. The first-order chi connectivity index (χ1) is 7.10. The van der Waals surface area contributed by atoms with Crippen molar-refractivity contribution < 1.29 is 19.7 Å². The number of carbonyl (C=O) groups is 1. The molecule has 1 unspecified atom stereocenters. The van der Waals surface area contributed by atoms with Crippen molar-refractivity contribution in [2.45, 2.75) is 5.92 Å². The predicted molar refractivity (Wildman–Crippen MR) is 53.6 cm³/mol. The van der Waals surface area contributed by atoms with E-state index in [1.807, 2.05) is 0 Å². The molecular formula is C10H13NO4. The van der Waals surface area contributed by atoms with Crippen molar-refractivity contribution in [2.24, 2.45) is 5.73 Å². The Morgan fingerprint density at radius 3 is 2.73 bits per heavy atom. The van der Waals surface area contributed by atoms with Gasteiger partial charge in [0.05, 0.1) is 13.0 Å². The molecule has 1 atom stereocenters. The van der Waals surface area contributed by atoms with Gasteiger partial charge in [0, 0.05) is 12.1 Å². The zero-order valence-electron chi connectivity index (χ0n) is 8.30. The highest BCUT2D eigenvalue weighted by molar-refractivity contribution is 5.79. The second kappa shape index (κ2) is 4.65. The standard InChI is InChI=1S/C10H13NO4/c1-15-10(14)8(5-11)7-4-6(12)2-3-9(7)13/h2-4,8,12-13H,5,11H2,1H3. The topological polar surface area (TPSA) is 92.8 Å². The molecule has 0 spiro atoms. The molecule has 1 rings (SSSR count). The van der Waals surface area contributed by atoms with Crippen LogP contribution in [0.15, 0.2) is 18.2 Å². The normalized spacial score (nSPS) is 12.1. The van der Waals surface area contributed by atoms with Crippen LogP contribution < -0.4 is 5.73 Å². The van der Waals surface area contributed by atoms with Crippen LogP contribution >= 0.6 is 0 Å². The Hall–Kier alpha value is -1.75. The first-order valence-corrected chi connectivity index (χ1v) is 4.40. The molecule has 5 nitrogen and oxygen atoms in total. The quantitative estimate of drug-likeness (QED) is 0.494. The van der Waals surface area contributed by atoms with E-state index in [4.69, 9.17) is 5.73 Å². The van der Waals surface area contributed by atoms with Crippen LogP contribution in [0.5, 0.6) is 11.5 Å². The molecule has 0 fully saturated rings. The number of benzene rings is 1. The van der Waals surface area contributed by atoms with E-state index < -0.39 is 11.9 Å². The molecule has 0 saturated heterocycles. The van der Waals surface area contributed by atoms with Crippen molar-refractivity contribution in [3.63, 3.8) is 0 Å². The van der Waals surface area contributed by atoms with Crippen LogP contribution in [-0.2, 0) is 9.53 Å². The van der Waals surface area contributed by atoms with Crippen molar-refractivity contribution in [3.8, 4) is 11.5 Å². The molecule has 0 heterocycles. The number of nitrogens with two attached hydrogens (primary N) is 1. The van der Waals surface area contributed by atoms with E-state index in [0.717, 1.165) is 0 Å². The molecule has 1 aromatic carbocycles. The molecule has 0 aliphatic rings. The lowest BCUT2D eigenvalue weighted by molar-refractivity contribution is -0.142. The Bertz CT molecular complexity index is 364. The Balaban J connectivity index is 3.11. The molecule has 0 amide bonds. The molecule has 0 aromatic heterocycles. The summed E-state index contributed by atoms with van der Waals surface area (Å²) in [6.07, 6.45) is 0. The summed E-state index contributed by atoms with van der Waals surface area (Å²) in [5, 5.41) is 18.7. The van der Waals surface area contributed by atoms with Gasteiger partial charge in [-0.05, 0) is 18.2 Å². The summed E-state index contributed by atoms with van der Waals surface area (Å²) >= 11 is 0. The largest absolute Gasteiger partial charge is 0.508 e. The molecule has 0 radical (unpaired) electrons. The number of hydrogen-bond acceptors (Lipinski definition) is 5. The van der Waals surface area contributed by atoms with Gasteiger partial charge in [0.1, 0.15) is 11.5 Å². The van der Waals surface area contributed by atoms with Crippen LogP contribution in [-0.4, -0.2) is 29.8 Å². The molecule has 4 N–H and O–H groups in total.